The van der Waals surface area contributed by atoms with Crippen LogP contribution in [0.5, 0.6) is 0 Å². The Morgan fingerprint density at radius 2 is 2.22 bits per heavy atom. The summed E-state index contributed by atoms with van der Waals surface area (Å²) in [6.45, 7) is 1.91. The Kier molecular flexibility index (Phi) is 5.15. The number of aromatic carboxylic acids is 1. The summed E-state index contributed by atoms with van der Waals surface area (Å²) in [5.41, 5.74) is 6.76. The lowest BCUT2D eigenvalue weighted by Gasteiger charge is -2.18. The van der Waals surface area contributed by atoms with Crippen molar-refractivity contribution in [1.82, 2.24) is 0 Å². The number of carboxylic acid groups (broad SMARTS) is 1. The van der Waals surface area contributed by atoms with Gasteiger partial charge in [-0.15, -0.1) is 0 Å². The van der Waals surface area contributed by atoms with E-state index in [0.29, 0.717) is 23.5 Å². The predicted molar refractivity (Wildman–Crippen MR) is 74.4 cm³/mol. The minimum atomic E-state index is -1.02. The quantitative estimate of drug-likeness (QED) is 0.682. The van der Waals surface area contributed by atoms with Crippen LogP contribution in [0.15, 0.2) is 18.2 Å². The first-order valence-corrected chi connectivity index (χ1v) is 7.33. The summed E-state index contributed by atoms with van der Waals surface area (Å²) >= 11 is 0. The lowest BCUT2D eigenvalue weighted by atomic mass is 10.1. The molecule has 0 aliphatic heterocycles. The van der Waals surface area contributed by atoms with Gasteiger partial charge in [0.05, 0.1) is 16.9 Å². The van der Waals surface area contributed by atoms with Gasteiger partial charge in [0.2, 0.25) is 0 Å². The molecule has 6 heteroatoms. The molecule has 100 valence electrons. The van der Waals surface area contributed by atoms with Gasteiger partial charge in [0, 0.05) is 28.9 Å². The highest BCUT2D eigenvalue weighted by atomic mass is 32.2. The highest BCUT2D eigenvalue weighted by Crippen LogP contribution is 2.24. The smallest absolute Gasteiger partial charge is 0.337 e. The van der Waals surface area contributed by atoms with Crippen molar-refractivity contribution < 1.29 is 14.1 Å². The Morgan fingerprint density at radius 1 is 1.56 bits per heavy atom. The van der Waals surface area contributed by atoms with E-state index in [1.54, 1.807) is 18.4 Å². The van der Waals surface area contributed by atoms with Crippen molar-refractivity contribution >= 4 is 28.1 Å². The van der Waals surface area contributed by atoms with Gasteiger partial charge in [-0.25, -0.2) is 4.79 Å². The van der Waals surface area contributed by atoms with Crippen LogP contribution < -0.4 is 11.1 Å². The first-order chi connectivity index (χ1) is 8.41. The number of nitrogens with one attached hydrogen (secondary N) is 1. The Hall–Kier alpha value is -1.56. The molecule has 0 fully saturated rings. The number of hydrogen-bond donors (Lipinski definition) is 3. The van der Waals surface area contributed by atoms with Crippen molar-refractivity contribution in [2.75, 3.05) is 23.1 Å². The van der Waals surface area contributed by atoms with Crippen molar-refractivity contribution in [3.63, 3.8) is 0 Å². The van der Waals surface area contributed by atoms with Gasteiger partial charge in [0.15, 0.2) is 0 Å². The number of carboxylic acids is 1. The Morgan fingerprint density at radius 3 is 2.78 bits per heavy atom. The highest BCUT2D eigenvalue weighted by molar-refractivity contribution is 7.84. The minimum absolute atomic E-state index is 0.0108. The normalized spacial score (nSPS) is 13.9. The van der Waals surface area contributed by atoms with Gasteiger partial charge in [-0.05, 0) is 25.5 Å². The molecular formula is C12H18N2O3S. The van der Waals surface area contributed by atoms with Gasteiger partial charge in [0.1, 0.15) is 0 Å². The predicted octanol–water partition coefficient (Wildman–Crippen LogP) is 1.54. The third-order valence-electron chi connectivity index (χ3n) is 2.56. The van der Waals surface area contributed by atoms with Crippen molar-refractivity contribution in [2.24, 2.45) is 0 Å². The summed E-state index contributed by atoms with van der Waals surface area (Å²) < 4.78 is 11.0. The van der Waals surface area contributed by atoms with Crippen LogP contribution in [0.4, 0.5) is 11.4 Å². The maximum Gasteiger partial charge on any atom is 0.337 e. The molecule has 18 heavy (non-hydrogen) atoms. The monoisotopic (exact) mass is 270 g/mol. The molecule has 0 aliphatic carbocycles. The molecule has 0 saturated heterocycles. The topological polar surface area (TPSA) is 92.4 Å². The molecule has 2 unspecified atom stereocenters. The fourth-order valence-electron chi connectivity index (χ4n) is 1.57. The highest BCUT2D eigenvalue weighted by Gasteiger charge is 2.14. The molecule has 4 N–H and O–H groups in total. The summed E-state index contributed by atoms with van der Waals surface area (Å²) in [5, 5.41) is 12.2. The maximum absolute atomic E-state index is 11.1. The van der Waals surface area contributed by atoms with Gasteiger partial charge in [-0.2, -0.15) is 0 Å². The van der Waals surface area contributed by atoms with Crippen LogP contribution in [0, 0.1) is 0 Å². The van der Waals surface area contributed by atoms with Crippen LogP contribution in [0.2, 0.25) is 0 Å². The summed E-state index contributed by atoms with van der Waals surface area (Å²) in [5.74, 6) is -0.445. The summed E-state index contributed by atoms with van der Waals surface area (Å²) in [4.78, 5) is 11.1. The standard InChI is InChI=1S/C12H18N2O3S/c1-8(6-7-18(2)17)14-11-9(12(15)16)4-3-5-10(11)13/h3-5,8,14H,6-7,13H2,1-2H3,(H,15,16). The van der Waals surface area contributed by atoms with Crippen molar-refractivity contribution in [3.05, 3.63) is 23.8 Å². The van der Waals surface area contributed by atoms with Gasteiger partial charge >= 0.3 is 5.97 Å². The zero-order valence-electron chi connectivity index (χ0n) is 10.5. The van der Waals surface area contributed by atoms with Crippen LogP contribution in [0.3, 0.4) is 0 Å². The second-order valence-electron chi connectivity index (χ2n) is 4.19. The third-order valence-corrected chi connectivity index (χ3v) is 3.37. The third kappa shape index (κ3) is 4.03. The number of nitrogens with two attached hydrogens (primary N) is 1. The van der Waals surface area contributed by atoms with E-state index in [1.807, 2.05) is 6.92 Å². The summed E-state index contributed by atoms with van der Waals surface area (Å²) in [6.07, 6.45) is 2.34. The first kappa shape index (κ1) is 14.5. The number of anilines is 2. The summed E-state index contributed by atoms with van der Waals surface area (Å²) in [7, 11) is -0.851. The molecule has 0 radical (unpaired) electrons. The van der Waals surface area contributed by atoms with E-state index in [9.17, 15) is 9.00 Å². The van der Waals surface area contributed by atoms with Crippen LogP contribution in [-0.2, 0) is 10.8 Å². The van der Waals surface area contributed by atoms with Crippen LogP contribution >= 0.6 is 0 Å². The Labute approximate surface area is 109 Å². The molecule has 0 bridgehead atoms. The van der Waals surface area contributed by atoms with Crippen molar-refractivity contribution in [2.45, 2.75) is 19.4 Å². The molecule has 0 saturated carbocycles. The van der Waals surface area contributed by atoms with Gasteiger partial charge in [0.25, 0.3) is 0 Å². The first-order valence-electron chi connectivity index (χ1n) is 5.60. The lowest BCUT2D eigenvalue weighted by Crippen LogP contribution is -2.20. The molecule has 2 atom stereocenters. The van der Waals surface area contributed by atoms with E-state index in [2.05, 4.69) is 5.32 Å². The molecule has 0 spiro atoms. The number of benzene rings is 1. The molecular weight excluding hydrogens is 252 g/mol. The van der Waals surface area contributed by atoms with Crippen LogP contribution in [0.25, 0.3) is 0 Å². The second kappa shape index (κ2) is 6.39. The molecule has 5 nitrogen and oxygen atoms in total. The average molecular weight is 270 g/mol. The zero-order valence-corrected chi connectivity index (χ0v) is 11.3. The number of rotatable bonds is 6. The molecule has 0 heterocycles. The molecule has 1 aromatic carbocycles. The van der Waals surface area contributed by atoms with Crippen LogP contribution in [0.1, 0.15) is 23.7 Å². The average Bonchev–Trinajstić information content (AvgIpc) is 2.28. The zero-order chi connectivity index (χ0) is 13.7. The largest absolute Gasteiger partial charge is 0.478 e. The number of carbonyl (C=O) groups is 1. The molecule has 1 rings (SSSR count). The van der Waals surface area contributed by atoms with Gasteiger partial charge in [-0.1, -0.05) is 6.07 Å². The summed E-state index contributed by atoms with van der Waals surface area (Å²) in [6, 6.07) is 4.78. The van der Waals surface area contributed by atoms with Crippen LogP contribution in [-0.4, -0.2) is 33.3 Å². The van der Waals surface area contributed by atoms with Gasteiger partial charge in [-0.3, -0.25) is 4.21 Å². The van der Waals surface area contributed by atoms with Crippen molar-refractivity contribution in [3.8, 4) is 0 Å². The maximum atomic E-state index is 11.1. The lowest BCUT2D eigenvalue weighted by molar-refractivity contribution is 0.0698. The Bertz CT molecular complexity index is 463. The number of para-hydroxylation sites is 1. The molecule has 0 aromatic heterocycles. The SMILES string of the molecule is CC(CCS(C)=O)Nc1c(N)cccc1C(=O)O. The van der Waals surface area contributed by atoms with E-state index >= 15 is 0 Å². The number of hydrogen-bond acceptors (Lipinski definition) is 4. The minimum Gasteiger partial charge on any atom is -0.478 e. The van der Waals surface area contributed by atoms with E-state index in [1.165, 1.54) is 6.07 Å². The fourth-order valence-corrected chi connectivity index (χ4v) is 2.26. The van der Waals surface area contributed by atoms with E-state index in [-0.39, 0.29) is 11.6 Å². The molecule has 1 aromatic rings. The van der Waals surface area contributed by atoms with E-state index in [0.717, 1.165) is 0 Å². The fraction of sp³-hybridized carbons (Fsp3) is 0.417. The molecule has 0 aliphatic rings. The van der Waals surface area contributed by atoms with E-state index < -0.39 is 16.8 Å². The van der Waals surface area contributed by atoms with E-state index in [4.69, 9.17) is 10.8 Å². The second-order valence-corrected chi connectivity index (χ2v) is 5.74. The molecule has 0 amide bonds. The van der Waals surface area contributed by atoms with Gasteiger partial charge < -0.3 is 16.2 Å². The number of nitrogen functional groups attached to an aromatic ring is 1. The van der Waals surface area contributed by atoms with Crippen molar-refractivity contribution in [1.29, 1.82) is 0 Å². The Balaban J connectivity index is 2.83.